The van der Waals surface area contributed by atoms with Crippen molar-refractivity contribution in [3.05, 3.63) is 47.5 Å². The van der Waals surface area contributed by atoms with Gasteiger partial charge in [0.1, 0.15) is 22.8 Å². The van der Waals surface area contributed by atoms with Crippen molar-refractivity contribution >= 4 is 17.6 Å². The van der Waals surface area contributed by atoms with E-state index in [0.717, 1.165) is 0 Å². The van der Waals surface area contributed by atoms with Gasteiger partial charge in [-0.1, -0.05) is 12.1 Å². The molecule has 7 heteroatoms. The molecule has 24 heavy (non-hydrogen) atoms. The van der Waals surface area contributed by atoms with Crippen LogP contribution in [0, 0.1) is 0 Å². The Balaban J connectivity index is 2.35. The number of hydrogen-bond donors (Lipinski definition) is 3. The number of phenolic OH excluding ortho intramolecular Hbond substituents is 1. The number of carbonyl (C=O) groups excluding carboxylic acids is 1. The van der Waals surface area contributed by atoms with E-state index in [1.165, 1.54) is 32.4 Å². The Hall–Kier alpha value is -3.22. The van der Waals surface area contributed by atoms with Gasteiger partial charge in [-0.25, -0.2) is 0 Å². The maximum Gasteiger partial charge on any atom is 0.307 e. The van der Waals surface area contributed by atoms with Gasteiger partial charge in [0.25, 0.3) is 5.91 Å². The Morgan fingerprint density at radius 3 is 2.25 bits per heavy atom. The third-order valence-electron chi connectivity index (χ3n) is 3.32. The molecule has 0 atom stereocenters. The summed E-state index contributed by atoms with van der Waals surface area (Å²) in [6, 6.07) is 9.11. The minimum absolute atomic E-state index is 0.103. The summed E-state index contributed by atoms with van der Waals surface area (Å²) >= 11 is 0. The average molecular weight is 331 g/mol. The fourth-order valence-corrected chi connectivity index (χ4v) is 2.23. The van der Waals surface area contributed by atoms with E-state index < -0.39 is 11.9 Å². The van der Waals surface area contributed by atoms with Gasteiger partial charge >= 0.3 is 5.97 Å². The Bertz CT molecular complexity index is 749. The molecule has 2 rings (SSSR count). The lowest BCUT2D eigenvalue weighted by molar-refractivity contribution is -0.136. The van der Waals surface area contributed by atoms with Gasteiger partial charge in [0.05, 0.1) is 26.3 Å². The lowest BCUT2D eigenvalue weighted by Gasteiger charge is -2.14. The fourth-order valence-electron chi connectivity index (χ4n) is 2.23. The Morgan fingerprint density at radius 1 is 1.08 bits per heavy atom. The lowest BCUT2D eigenvalue weighted by atomic mass is 10.1. The maximum atomic E-state index is 12.6. The van der Waals surface area contributed by atoms with Crippen LogP contribution in [-0.2, 0) is 11.2 Å². The highest BCUT2D eigenvalue weighted by Gasteiger charge is 2.19. The minimum Gasteiger partial charge on any atom is -0.506 e. The minimum atomic E-state index is -1.01. The normalized spacial score (nSPS) is 10.1. The molecule has 0 spiro atoms. The number of carbonyl (C=O) groups is 2. The van der Waals surface area contributed by atoms with E-state index in [4.69, 9.17) is 14.6 Å². The van der Waals surface area contributed by atoms with E-state index >= 15 is 0 Å². The summed E-state index contributed by atoms with van der Waals surface area (Å²) < 4.78 is 10.3. The predicted octanol–water partition coefficient (Wildman–Crippen LogP) is 2.29. The predicted molar refractivity (Wildman–Crippen MR) is 86.9 cm³/mol. The Labute approximate surface area is 138 Å². The number of phenols is 1. The van der Waals surface area contributed by atoms with Crippen molar-refractivity contribution in [2.45, 2.75) is 6.42 Å². The number of hydrogen-bond acceptors (Lipinski definition) is 5. The lowest BCUT2D eigenvalue weighted by Crippen LogP contribution is -2.15. The third-order valence-corrected chi connectivity index (χ3v) is 3.32. The van der Waals surface area contributed by atoms with Crippen LogP contribution >= 0.6 is 0 Å². The Kier molecular flexibility index (Phi) is 5.26. The number of ether oxygens (including phenoxy) is 2. The molecule has 0 saturated carbocycles. The molecule has 7 nitrogen and oxygen atoms in total. The second-order valence-electron chi connectivity index (χ2n) is 4.91. The molecule has 2 aromatic carbocycles. The molecule has 3 N–H and O–H groups in total. The number of nitrogens with one attached hydrogen (secondary N) is 1. The van der Waals surface area contributed by atoms with Crippen LogP contribution in [0.2, 0.25) is 0 Å². The fraction of sp³-hybridized carbons (Fsp3) is 0.176. The van der Waals surface area contributed by atoms with Gasteiger partial charge in [-0.15, -0.1) is 0 Å². The molecule has 0 aromatic heterocycles. The van der Waals surface area contributed by atoms with Gasteiger partial charge in [0, 0.05) is 0 Å². The summed E-state index contributed by atoms with van der Waals surface area (Å²) in [7, 11) is 2.85. The van der Waals surface area contributed by atoms with Crippen LogP contribution in [0.1, 0.15) is 15.9 Å². The van der Waals surface area contributed by atoms with Crippen molar-refractivity contribution in [2.24, 2.45) is 0 Å². The van der Waals surface area contributed by atoms with Crippen LogP contribution in [0.5, 0.6) is 17.2 Å². The first-order valence-electron chi connectivity index (χ1n) is 7.02. The first kappa shape index (κ1) is 17.1. The van der Waals surface area contributed by atoms with Gasteiger partial charge in [0.15, 0.2) is 0 Å². The number of benzene rings is 2. The molecule has 0 bridgehead atoms. The highest BCUT2D eigenvalue weighted by atomic mass is 16.5. The molecule has 2 aromatic rings. The topological polar surface area (TPSA) is 105 Å². The summed E-state index contributed by atoms with van der Waals surface area (Å²) in [5, 5.41) is 21.3. The molecule has 1 amide bonds. The summed E-state index contributed by atoms with van der Waals surface area (Å²) in [6.07, 6.45) is -0.221. The standard InChI is InChI=1S/C17H17NO6/c1-23-13-4-3-5-14(24-2)16(13)17(22)18-11-8-10(9-15(20)21)6-7-12(11)19/h3-8,19H,9H2,1-2H3,(H,18,22)(H,20,21). The van der Waals surface area contributed by atoms with Gasteiger partial charge in [-0.2, -0.15) is 0 Å². The van der Waals surface area contributed by atoms with Crippen molar-refractivity contribution in [3.8, 4) is 17.2 Å². The summed E-state index contributed by atoms with van der Waals surface area (Å²) in [6.45, 7) is 0. The van der Waals surface area contributed by atoms with E-state index in [9.17, 15) is 14.7 Å². The number of methoxy groups -OCH3 is 2. The van der Waals surface area contributed by atoms with Crippen molar-refractivity contribution in [2.75, 3.05) is 19.5 Å². The number of amides is 1. The molecule has 0 unspecified atom stereocenters. The zero-order valence-electron chi connectivity index (χ0n) is 13.2. The van der Waals surface area contributed by atoms with Crippen LogP contribution in [0.4, 0.5) is 5.69 Å². The van der Waals surface area contributed by atoms with E-state index in [0.29, 0.717) is 17.1 Å². The number of carboxylic acid groups (broad SMARTS) is 1. The smallest absolute Gasteiger partial charge is 0.307 e. The third kappa shape index (κ3) is 3.75. The molecular formula is C17H17NO6. The molecule has 0 heterocycles. The van der Waals surface area contributed by atoms with E-state index in [-0.39, 0.29) is 23.4 Å². The summed E-state index contributed by atoms with van der Waals surface area (Å²) in [5.74, 6) is -1.11. The Morgan fingerprint density at radius 2 is 1.71 bits per heavy atom. The first-order chi connectivity index (χ1) is 11.5. The van der Waals surface area contributed by atoms with Crippen LogP contribution in [0.3, 0.4) is 0 Å². The van der Waals surface area contributed by atoms with E-state index in [1.54, 1.807) is 18.2 Å². The van der Waals surface area contributed by atoms with Crippen LogP contribution in [0.15, 0.2) is 36.4 Å². The van der Waals surface area contributed by atoms with E-state index in [2.05, 4.69) is 5.32 Å². The zero-order chi connectivity index (χ0) is 17.7. The van der Waals surface area contributed by atoms with Crippen molar-refractivity contribution in [1.82, 2.24) is 0 Å². The number of aromatic hydroxyl groups is 1. The highest BCUT2D eigenvalue weighted by molar-refractivity contribution is 6.08. The average Bonchev–Trinajstić information content (AvgIpc) is 2.56. The number of aliphatic carboxylic acids is 1. The SMILES string of the molecule is COc1cccc(OC)c1C(=O)Nc1cc(CC(=O)O)ccc1O. The van der Waals surface area contributed by atoms with Crippen molar-refractivity contribution in [1.29, 1.82) is 0 Å². The first-order valence-corrected chi connectivity index (χ1v) is 7.02. The molecule has 0 aliphatic heterocycles. The summed E-state index contributed by atoms with van der Waals surface area (Å²) in [4.78, 5) is 23.4. The highest BCUT2D eigenvalue weighted by Crippen LogP contribution is 2.31. The van der Waals surface area contributed by atoms with Crippen LogP contribution in [-0.4, -0.2) is 36.3 Å². The molecule has 126 valence electrons. The molecule has 0 aliphatic rings. The quantitative estimate of drug-likeness (QED) is 0.702. The van der Waals surface area contributed by atoms with Crippen molar-refractivity contribution in [3.63, 3.8) is 0 Å². The summed E-state index contributed by atoms with van der Waals surface area (Å²) in [5.41, 5.74) is 0.722. The van der Waals surface area contributed by atoms with Gasteiger partial charge in [-0.05, 0) is 29.8 Å². The number of carboxylic acids is 1. The largest absolute Gasteiger partial charge is 0.506 e. The molecule has 0 saturated heterocycles. The second-order valence-corrected chi connectivity index (χ2v) is 4.91. The van der Waals surface area contributed by atoms with Crippen molar-refractivity contribution < 1.29 is 29.3 Å². The van der Waals surface area contributed by atoms with Gasteiger partial charge in [0.2, 0.25) is 0 Å². The van der Waals surface area contributed by atoms with Crippen LogP contribution < -0.4 is 14.8 Å². The zero-order valence-corrected chi connectivity index (χ0v) is 13.2. The maximum absolute atomic E-state index is 12.6. The molecule has 0 fully saturated rings. The molecular weight excluding hydrogens is 314 g/mol. The van der Waals surface area contributed by atoms with Gasteiger partial charge in [-0.3, -0.25) is 9.59 Å². The monoisotopic (exact) mass is 331 g/mol. The number of anilines is 1. The van der Waals surface area contributed by atoms with Gasteiger partial charge < -0.3 is 25.0 Å². The van der Waals surface area contributed by atoms with Crippen LogP contribution in [0.25, 0.3) is 0 Å². The van der Waals surface area contributed by atoms with E-state index in [1.807, 2.05) is 0 Å². The molecule has 0 radical (unpaired) electrons. The second kappa shape index (κ2) is 7.36. The number of rotatable bonds is 6. The molecule has 0 aliphatic carbocycles.